The molecular formula is C22H32N2O5S2. The lowest BCUT2D eigenvalue weighted by molar-refractivity contribution is -0.128. The maximum Gasteiger partial charge on any atom is 0.348 e. The van der Waals surface area contributed by atoms with Gasteiger partial charge in [-0.2, -0.15) is 0 Å². The minimum atomic E-state index is -3.23. The maximum atomic E-state index is 12.5. The Labute approximate surface area is 188 Å². The number of esters is 1. The molecule has 0 spiro atoms. The van der Waals surface area contributed by atoms with Crippen molar-refractivity contribution in [2.75, 3.05) is 19.4 Å². The van der Waals surface area contributed by atoms with Crippen molar-refractivity contribution < 1.29 is 22.7 Å². The van der Waals surface area contributed by atoms with Crippen LogP contribution in [0.1, 0.15) is 60.0 Å². The Balaban J connectivity index is 1.23. The van der Waals surface area contributed by atoms with E-state index in [1.807, 2.05) is 0 Å². The molecule has 1 aromatic heterocycles. The van der Waals surface area contributed by atoms with Crippen LogP contribution in [-0.4, -0.2) is 45.7 Å². The largest absolute Gasteiger partial charge is 0.451 e. The van der Waals surface area contributed by atoms with E-state index in [-0.39, 0.29) is 30.5 Å². The maximum absolute atomic E-state index is 12.5. The average Bonchev–Trinajstić information content (AvgIpc) is 3.13. The molecule has 0 unspecified atom stereocenters. The van der Waals surface area contributed by atoms with Crippen LogP contribution in [0, 0.1) is 23.2 Å². The van der Waals surface area contributed by atoms with Crippen LogP contribution >= 0.6 is 11.3 Å². The summed E-state index contributed by atoms with van der Waals surface area (Å²) in [6, 6.07) is 3.53. The van der Waals surface area contributed by atoms with Crippen molar-refractivity contribution in [3.8, 4) is 0 Å². The molecule has 1 aromatic rings. The molecule has 0 saturated heterocycles. The molecular weight excluding hydrogens is 436 g/mol. The molecule has 5 rings (SSSR count). The second kappa shape index (κ2) is 8.83. The van der Waals surface area contributed by atoms with Gasteiger partial charge in [0.15, 0.2) is 6.61 Å². The number of ether oxygens (including phenoxy) is 1. The van der Waals surface area contributed by atoms with Gasteiger partial charge in [-0.15, -0.1) is 11.3 Å². The Morgan fingerprint density at radius 1 is 1.16 bits per heavy atom. The van der Waals surface area contributed by atoms with E-state index in [0.717, 1.165) is 28.9 Å². The van der Waals surface area contributed by atoms with Crippen LogP contribution in [0.4, 0.5) is 0 Å². The van der Waals surface area contributed by atoms with Crippen LogP contribution in [-0.2, 0) is 26.0 Å². The van der Waals surface area contributed by atoms with Crippen LogP contribution in [0.15, 0.2) is 12.1 Å². The highest BCUT2D eigenvalue weighted by molar-refractivity contribution is 7.88. The van der Waals surface area contributed by atoms with Gasteiger partial charge in [0, 0.05) is 17.5 Å². The SMILES string of the molecule is C[C@@H](NC(=O)COC(=O)c1ccc(CCNS(C)(=O)=O)s1)C12CC3CC(CC(C3)C1)C2. The lowest BCUT2D eigenvalue weighted by Crippen LogP contribution is -2.56. The van der Waals surface area contributed by atoms with Gasteiger partial charge in [0.25, 0.3) is 5.91 Å². The number of rotatable bonds is 9. The highest BCUT2D eigenvalue weighted by atomic mass is 32.2. The second-order valence-electron chi connectivity index (χ2n) is 9.83. The number of nitrogens with one attached hydrogen (secondary N) is 2. The zero-order valence-electron chi connectivity index (χ0n) is 18.2. The first-order valence-corrected chi connectivity index (χ1v) is 13.8. The van der Waals surface area contributed by atoms with Gasteiger partial charge in [-0.1, -0.05) is 0 Å². The Bertz CT molecular complexity index is 904. The number of hydrogen-bond donors (Lipinski definition) is 2. The molecule has 31 heavy (non-hydrogen) atoms. The van der Waals surface area contributed by atoms with Gasteiger partial charge in [-0.05, 0) is 87.2 Å². The minimum absolute atomic E-state index is 0.0998. The molecule has 1 atom stereocenters. The van der Waals surface area contributed by atoms with E-state index in [1.165, 1.54) is 49.9 Å². The molecule has 1 heterocycles. The zero-order chi connectivity index (χ0) is 22.2. The van der Waals surface area contributed by atoms with Crippen molar-refractivity contribution in [2.24, 2.45) is 23.2 Å². The third-order valence-electron chi connectivity index (χ3n) is 7.31. The van der Waals surface area contributed by atoms with Crippen LogP contribution in [0.2, 0.25) is 0 Å². The normalized spacial score (nSPS) is 30.2. The lowest BCUT2D eigenvalue weighted by atomic mass is 9.48. The van der Waals surface area contributed by atoms with Crippen LogP contribution in [0.3, 0.4) is 0 Å². The summed E-state index contributed by atoms with van der Waals surface area (Å²) in [6.07, 6.45) is 9.35. The van der Waals surface area contributed by atoms with E-state index >= 15 is 0 Å². The second-order valence-corrected chi connectivity index (χ2v) is 12.8. The molecule has 2 N–H and O–H groups in total. The average molecular weight is 469 g/mol. The summed E-state index contributed by atoms with van der Waals surface area (Å²) in [5.74, 6) is 1.70. The molecule has 4 saturated carbocycles. The number of hydrogen-bond acceptors (Lipinski definition) is 6. The molecule has 172 valence electrons. The lowest BCUT2D eigenvalue weighted by Gasteiger charge is -2.59. The monoisotopic (exact) mass is 468 g/mol. The summed E-state index contributed by atoms with van der Waals surface area (Å²) in [5, 5.41) is 3.11. The molecule has 4 aliphatic rings. The fraction of sp³-hybridized carbons (Fsp3) is 0.727. The van der Waals surface area contributed by atoms with Crippen LogP contribution in [0.25, 0.3) is 0 Å². The summed E-state index contributed by atoms with van der Waals surface area (Å²) in [7, 11) is -3.23. The Kier molecular flexibility index (Phi) is 6.47. The number of amides is 1. The van der Waals surface area contributed by atoms with Crippen LogP contribution in [0.5, 0.6) is 0 Å². The number of sulfonamides is 1. The first kappa shape index (κ1) is 22.7. The molecule has 4 bridgehead atoms. The Morgan fingerprint density at radius 2 is 1.77 bits per heavy atom. The highest BCUT2D eigenvalue weighted by Gasteiger charge is 2.53. The van der Waals surface area contributed by atoms with Crippen LogP contribution < -0.4 is 10.0 Å². The fourth-order valence-corrected chi connectivity index (χ4v) is 7.70. The Morgan fingerprint density at radius 3 is 2.35 bits per heavy atom. The topological polar surface area (TPSA) is 102 Å². The van der Waals surface area contributed by atoms with Gasteiger partial charge in [-0.3, -0.25) is 4.79 Å². The molecule has 0 aliphatic heterocycles. The molecule has 4 aliphatic carbocycles. The van der Waals surface area contributed by atoms with Gasteiger partial charge < -0.3 is 10.1 Å². The molecule has 1 amide bonds. The zero-order valence-corrected chi connectivity index (χ0v) is 19.8. The molecule has 0 aromatic carbocycles. The number of carbonyl (C=O) groups excluding carboxylic acids is 2. The number of carbonyl (C=O) groups is 2. The molecule has 9 heteroatoms. The first-order chi connectivity index (χ1) is 14.6. The van der Waals surface area contributed by atoms with E-state index in [1.54, 1.807) is 12.1 Å². The molecule has 0 radical (unpaired) electrons. The molecule has 7 nitrogen and oxygen atoms in total. The predicted molar refractivity (Wildman–Crippen MR) is 119 cm³/mol. The first-order valence-electron chi connectivity index (χ1n) is 11.1. The summed E-state index contributed by atoms with van der Waals surface area (Å²) in [5.41, 5.74) is 0.219. The quantitative estimate of drug-likeness (QED) is 0.543. The summed E-state index contributed by atoms with van der Waals surface area (Å²) < 4.78 is 29.9. The van der Waals surface area contributed by atoms with E-state index < -0.39 is 16.0 Å². The van der Waals surface area contributed by atoms with Crippen molar-refractivity contribution in [2.45, 2.75) is 57.9 Å². The summed E-state index contributed by atoms with van der Waals surface area (Å²) >= 11 is 1.25. The van der Waals surface area contributed by atoms with Gasteiger partial charge in [0.2, 0.25) is 10.0 Å². The highest BCUT2D eigenvalue weighted by Crippen LogP contribution is 2.61. The standard InChI is InChI=1S/C22H32N2O5S2/c1-14(22-10-15-7-16(11-22)9-17(8-15)12-22)24-20(25)13-29-21(26)19-4-3-18(30-19)5-6-23-31(2,27)28/h3-4,14-17,23H,5-13H2,1-2H3,(H,24,25)/t14-,15?,16?,17?,22?/m1/s1. The van der Waals surface area contributed by atoms with Crippen molar-refractivity contribution in [1.29, 1.82) is 0 Å². The van der Waals surface area contributed by atoms with E-state index in [0.29, 0.717) is 11.3 Å². The van der Waals surface area contributed by atoms with Crippen molar-refractivity contribution >= 4 is 33.2 Å². The number of thiophene rings is 1. The summed E-state index contributed by atoms with van der Waals surface area (Å²) in [6.45, 7) is 2.11. The van der Waals surface area contributed by atoms with Gasteiger partial charge in [-0.25, -0.2) is 17.9 Å². The third-order valence-corrected chi connectivity index (χ3v) is 9.17. The van der Waals surface area contributed by atoms with Gasteiger partial charge >= 0.3 is 5.97 Å². The molecule has 4 fully saturated rings. The Hall–Kier alpha value is -1.45. The predicted octanol–water partition coefficient (Wildman–Crippen LogP) is 2.72. The van der Waals surface area contributed by atoms with Crippen molar-refractivity contribution in [3.05, 3.63) is 21.9 Å². The van der Waals surface area contributed by atoms with E-state index in [4.69, 9.17) is 4.74 Å². The van der Waals surface area contributed by atoms with Crippen molar-refractivity contribution in [3.63, 3.8) is 0 Å². The van der Waals surface area contributed by atoms with Gasteiger partial charge in [0.05, 0.1) is 6.26 Å². The van der Waals surface area contributed by atoms with E-state index in [9.17, 15) is 18.0 Å². The summed E-state index contributed by atoms with van der Waals surface area (Å²) in [4.78, 5) is 26.1. The van der Waals surface area contributed by atoms with E-state index in [2.05, 4.69) is 17.0 Å². The fourth-order valence-electron chi connectivity index (χ4n) is 6.33. The smallest absolute Gasteiger partial charge is 0.348 e. The van der Waals surface area contributed by atoms with Crippen molar-refractivity contribution in [1.82, 2.24) is 10.0 Å². The minimum Gasteiger partial charge on any atom is -0.451 e. The third kappa shape index (κ3) is 5.49. The van der Waals surface area contributed by atoms with Gasteiger partial charge in [0.1, 0.15) is 4.88 Å².